The van der Waals surface area contributed by atoms with Crippen LogP contribution in [-0.4, -0.2) is 39.3 Å². The highest BCUT2D eigenvalue weighted by Crippen LogP contribution is 2.43. The van der Waals surface area contributed by atoms with Gasteiger partial charge in [-0.2, -0.15) is 0 Å². The van der Waals surface area contributed by atoms with Gasteiger partial charge in [0, 0.05) is 26.2 Å². The lowest BCUT2D eigenvalue weighted by Crippen LogP contribution is -2.46. The molecule has 0 unspecified atom stereocenters. The van der Waals surface area contributed by atoms with Crippen LogP contribution in [0.3, 0.4) is 0 Å². The molecule has 1 heterocycles. The first-order chi connectivity index (χ1) is 8.76. The van der Waals surface area contributed by atoms with Gasteiger partial charge in [-0.3, -0.25) is 4.79 Å². The van der Waals surface area contributed by atoms with E-state index in [0.717, 1.165) is 45.5 Å². The molecule has 1 amide bonds. The molecule has 2 fully saturated rings. The number of carbonyl (C=O) groups is 1. The maximum Gasteiger partial charge on any atom is 0.223 e. The second-order valence-electron chi connectivity index (χ2n) is 5.84. The van der Waals surface area contributed by atoms with Crippen LogP contribution in [0.1, 0.15) is 38.5 Å². The number of amides is 1. The Hall–Kier alpha value is -0.610. The van der Waals surface area contributed by atoms with Crippen LogP contribution in [0.5, 0.6) is 0 Å². The molecule has 0 aromatic carbocycles. The molecule has 1 aliphatic carbocycles. The van der Waals surface area contributed by atoms with Crippen LogP contribution in [0.2, 0.25) is 0 Å². The molecule has 0 spiro atoms. The third kappa shape index (κ3) is 3.45. The van der Waals surface area contributed by atoms with E-state index in [0.29, 0.717) is 5.41 Å². The lowest BCUT2D eigenvalue weighted by molar-refractivity contribution is -0.126. The van der Waals surface area contributed by atoms with Gasteiger partial charge in [-0.15, -0.1) is 0 Å². The number of methoxy groups -OCH3 is 1. The van der Waals surface area contributed by atoms with Crippen molar-refractivity contribution in [2.45, 2.75) is 38.5 Å². The molecule has 2 rings (SSSR count). The first-order valence-corrected chi connectivity index (χ1v) is 7.23. The van der Waals surface area contributed by atoms with E-state index in [-0.39, 0.29) is 11.8 Å². The standard InChI is InChI=1S/C14H26N2O2/c1-18-10-7-14(5-2-6-14)11-16-13(17)12-3-8-15-9-4-12/h12,15H,2-11H2,1H3,(H,16,17). The number of carbonyl (C=O) groups excluding carboxylic acids is 1. The van der Waals surface area contributed by atoms with Crippen LogP contribution in [0.15, 0.2) is 0 Å². The molecule has 2 aliphatic rings. The van der Waals surface area contributed by atoms with Crippen molar-refractivity contribution in [3.63, 3.8) is 0 Å². The molecule has 1 saturated heterocycles. The highest BCUT2D eigenvalue weighted by Gasteiger charge is 2.37. The smallest absolute Gasteiger partial charge is 0.223 e. The van der Waals surface area contributed by atoms with E-state index in [4.69, 9.17) is 4.74 Å². The Labute approximate surface area is 110 Å². The predicted octanol–water partition coefficient (Wildman–Crippen LogP) is 1.31. The van der Waals surface area contributed by atoms with Gasteiger partial charge in [0.25, 0.3) is 0 Å². The molecule has 0 bridgehead atoms. The summed E-state index contributed by atoms with van der Waals surface area (Å²) in [5, 5.41) is 6.48. The normalized spacial score (nSPS) is 23.4. The van der Waals surface area contributed by atoms with Crippen molar-refractivity contribution in [3.05, 3.63) is 0 Å². The first-order valence-electron chi connectivity index (χ1n) is 7.23. The van der Waals surface area contributed by atoms with Crippen molar-refractivity contribution in [2.24, 2.45) is 11.3 Å². The van der Waals surface area contributed by atoms with Crippen LogP contribution < -0.4 is 10.6 Å². The number of rotatable bonds is 6. The van der Waals surface area contributed by atoms with Crippen molar-refractivity contribution in [1.29, 1.82) is 0 Å². The van der Waals surface area contributed by atoms with E-state index in [1.54, 1.807) is 7.11 Å². The zero-order valence-corrected chi connectivity index (χ0v) is 11.5. The Morgan fingerprint density at radius 3 is 2.67 bits per heavy atom. The van der Waals surface area contributed by atoms with Crippen LogP contribution in [0.25, 0.3) is 0 Å². The lowest BCUT2D eigenvalue weighted by Gasteiger charge is -2.42. The fourth-order valence-corrected chi connectivity index (χ4v) is 3.01. The summed E-state index contributed by atoms with van der Waals surface area (Å²) in [6.45, 7) is 3.61. The quantitative estimate of drug-likeness (QED) is 0.751. The zero-order chi connectivity index (χ0) is 12.8. The maximum absolute atomic E-state index is 12.1. The lowest BCUT2D eigenvalue weighted by atomic mass is 9.66. The molecule has 0 aromatic rings. The average Bonchev–Trinajstić information content (AvgIpc) is 2.38. The van der Waals surface area contributed by atoms with Gasteiger partial charge in [0.1, 0.15) is 0 Å². The number of hydrogen-bond donors (Lipinski definition) is 2. The van der Waals surface area contributed by atoms with Crippen LogP contribution in [-0.2, 0) is 9.53 Å². The minimum Gasteiger partial charge on any atom is -0.385 e. The number of ether oxygens (including phenoxy) is 1. The van der Waals surface area contributed by atoms with E-state index in [2.05, 4.69) is 10.6 Å². The fraction of sp³-hybridized carbons (Fsp3) is 0.929. The fourth-order valence-electron chi connectivity index (χ4n) is 3.01. The topological polar surface area (TPSA) is 50.4 Å². The number of hydrogen-bond acceptors (Lipinski definition) is 3. The summed E-state index contributed by atoms with van der Waals surface area (Å²) in [6, 6.07) is 0. The van der Waals surface area contributed by atoms with Gasteiger partial charge in [0.05, 0.1) is 0 Å². The highest BCUT2D eigenvalue weighted by molar-refractivity contribution is 5.78. The first kappa shape index (κ1) is 13.8. The SMILES string of the molecule is COCCC1(CNC(=O)C2CCNCC2)CCC1. The Kier molecular flexibility index (Phi) is 5.01. The van der Waals surface area contributed by atoms with Gasteiger partial charge in [-0.25, -0.2) is 0 Å². The van der Waals surface area contributed by atoms with Crippen molar-refractivity contribution in [3.8, 4) is 0 Å². The van der Waals surface area contributed by atoms with E-state index in [1.807, 2.05) is 0 Å². The molecular weight excluding hydrogens is 228 g/mol. The molecule has 0 atom stereocenters. The minimum atomic E-state index is 0.228. The summed E-state index contributed by atoms with van der Waals surface area (Å²) < 4.78 is 5.18. The average molecular weight is 254 g/mol. The Morgan fingerprint density at radius 2 is 2.11 bits per heavy atom. The summed E-state index contributed by atoms with van der Waals surface area (Å²) in [7, 11) is 1.75. The minimum absolute atomic E-state index is 0.228. The largest absolute Gasteiger partial charge is 0.385 e. The van der Waals surface area contributed by atoms with E-state index >= 15 is 0 Å². The molecule has 1 aliphatic heterocycles. The summed E-state index contributed by atoms with van der Waals surface area (Å²) in [4.78, 5) is 12.1. The third-order valence-corrected chi connectivity index (χ3v) is 4.60. The van der Waals surface area contributed by atoms with Crippen LogP contribution in [0.4, 0.5) is 0 Å². The van der Waals surface area contributed by atoms with Crippen molar-refractivity contribution in [2.75, 3.05) is 33.4 Å². The Balaban J connectivity index is 1.73. The van der Waals surface area contributed by atoms with E-state index in [9.17, 15) is 4.79 Å². The second-order valence-corrected chi connectivity index (χ2v) is 5.84. The highest BCUT2D eigenvalue weighted by atomic mass is 16.5. The molecular formula is C14H26N2O2. The van der Waals surface area contributed by atoms with Gasteiger partial charge in [-0.05, 0) is 50.6 Å². The summed E-state index contributed by atoms with van der Waals surface area (Å²) >= 11 is 0. The molecule has 1 saturated carbocycles. The Bertz CT molecular complexity index is 271. The van der Waals surface area contributed by atoms with Crippen LogP contribution >= 0.6 is 0 Å². The number of nitrogens with one attached hydrogen (secondary N) is 2. The summed E-state index contributed by atoms with van der Waals surface area (Å²) in [6.07, 6.45) is 6.82. The van der Waals surface area contributed by atoms with Gasteiger partial charge >= 0.3 is 0 Å². The van der Waals surface area contributed by atoms with Crippen molar-refractivity contribution >= 4 is 5.91 Å². The second kappa shape index (κ2) is 6.53. The van der Waals surface area contributed by atoms with Gasteiger partial charge in [0.2, 0.25) is 5.91 Å². The van der Waals surface area contributed by atoms with Gasteiger partial charge in [-0.1, -0.05) is 6.42 Å². The summed E-state index contributed by atoms with van der Waals surface area (Å²) in [5.74, 6) is 0.492. The predicted molar refractivity (Wildman–Crippen MR) is 71.4 cm³/mol. The van der Waals surface area contributed by atoms with Crippen LogP contribution in [0, 0.1) is 11.3 Å². The third-order valence-electron chi connectivity index (χ3n) is 4.60. The van der Waals surface area contributed by atoms with Crippen molar-refractivity contribution < 1.29 is 9.53 Å². The molecule has 2 N–H and O–H groups in total. The number of piperidine rings is 1. The monoisotopic (exact) mass is 254 g/mol. The van der Waals surface area contributed by atoms with E-state index in [1.165, 1.54) is 19.3 Å². The van der Waals surface area contributed by atoms with Gasteiger partial charge in [0.15, 0.2) is 0 Å². The molecule has 104 valence electrons. The summed E-state index contributed by atoms with van der Waals surface area (Å²) in [5.41, 5.74) is 0.332. The van der Waals surface area contributed by atoms with E-state index < -0.39 is 0 Å². The van der Waals surface area contributed by atoms with Gasteiger partial charge < -0.3 is 15.4 Å². The molecule has 0 radical (unpaired) electrons. The Morgan fingerprint density at radius 1 is 1.39 bits per heavy atom. The molecule has 18 heavy (non-hydrogen) atoms. The molecule has 4 heteroatoms. The maximum atomic E-state index is 12.1. The molecule has 0 aromatic heterocycles. The molecule has 4 nitrogen and oxygen atoms in total. The van der Waals surface area contributed by atoms with Crippen molar-refractivity contribution in [1.82, 2.24) is 10.6 Å². The zero-order valence-electron chi connectivity index (χ0n) is 11.5.